The Morgan fingerprint density at radius 1 is 1.11 bits per heavy atom. The number of Topliss-reactive ketones (excluding diaryl/α,β-unsaturated/α-hetero) is 3. The predicted octanol–water partition coefficient (Wildman–Crippen LogP) is 3.04. The Morgan fingerprint density at radius 2 is 1.74 bits per heavy atom. The Bertz CT molecular complexity index is 536. The second-order valence-electron chi connectivity index (χ2n) is 4.58. The van der Waals surface area contributed by atoms with Crippen LogP contribution >= 0.6 is 23.2 Å². The van der Waals surface area contributed by atoms with Gasteiger partial charge in [-0.1, -0.05) is 29.3 Å². The summed E-state index contributed by atoms with van der Waals surface area (Å²) in [7, 11) is 0. The molecule has 3 nitrogen and oxygen atoms in total. The van der Waals surface area contributed by atoms with Crippen molar-refractivity contribution < 1.29 is 14.4 Å². The van der Waals surface area contributed by atoms with Gasteiger partial charge in [-0.2, -0.15) is 0 Å². The molecule has 1 aromatic rings. The van der Waals surface area contributed by atoms with Gasteiger partial charge in [0.15, 0.2) is 17.3 Å². The molecule has 1 fully saturated rings. The average molecular weight is 299 g/mol. The lowest BCUT2D eigenvalue weighted by Gasteiger charge is -2.06. The molecular weight excluding hydrogens is 287 g/mol. The highest BCUT2D eigenvalue weighted by Gasteiger charge is 2.37. The summed E-state index contributed by atoms with van der Waals surface area (Å²) < 4.78 is 0. The molecule has 0 atom stereocenters. The fraction of sp³-hybridized carbons (Fsp3) is 0.357. The molecule has 0 amide bonds. The highest BCUT2D eigenvalue weighted by atomic mass is 35.5. The maximum atomic E-state index is 11.9. The molecule has 0 spiro atoms. The Balaban J connectivity index is 1.98. The van der Waals surface area contributed by atoms with Crippen LogP contribution in [0, 0.1) is 5.92 Å². The topological polar surface area (TPSA) is 51.2 Å². The Morgan fingerprint density at radius 3 is 2.32 bits per heavy atom. The second-order valence-corrected chi connectivity index (χ2v) is 5.39. The van der Waals surface area contributed by atoms with E-state index in [1.165, 1.54) is 0 Å². The normalized spacial score (nSPS) is 16.1. The SMILES string of the molecule is O=C1CCC(=O)C1C(=O)CCc1ccc(Cl)c(Cl)c1. The number of aryl methyl sites for hydroxylation is 1. The summed E-state index contributed by atoms with van der Waals surface area (Å²) in [5, 5.41) is 0.887. The Labute approximate surface area is 120 Å². The van der Waals surface area contributed by atoms with Crippen molar-refractivity contribution in [3.63, 3.8) is 0 Å². The molecule has 1 aliphatic carbocycles. The third-order valence-corrected chi connectivity index (χ3v) is 3.97. The van der Waals surface area contributed by atoms with Crippen molar-refractivity contribution in [2.45, 2.75) is 25.7 Å². The lowest BCUT2D eigenvalue weighted by Crippen LogP contribution is -2.25. The van der Waals surface area contributed by atoms with Crippen LogP contribution in [-0.2, 0) is 20.8 Å². The van der Waals surface area contributed by atoms with Crippen LogP contribution in [0.25, 0.3) is 0 Å². The predicted molar refractivity (Wildman–Crippen MR) is 72.5 cm³/mol. The van der Waals surface area contributed by atoms with Crippen molar-refractivity contribution in [1.82, 2.24) is 0 Å². The first-order chi connectivity index (χ1) is 8.99. The van der Waals surface area contributed by atoms with Crippen LogP contribution in [0.4, 0.5) is 0 Å². The van der Waals surface area contributed by atoms with Gasteiger partial charge in [-0.3, -0.25) is 14.4 Å². The van der Waals surface area contributed by atoms with Crippen molar-refractivity contribution in [3.8, 4) is 0 Å². The third kappa shape index (κ3) is 3.23. The standard InChI is InChI=1S/C14H12Cl2O3/c15-9-3-1-8(7-10(9)16)2-4-11(17)14-12(18)5-6-13(14)19/h1,3,7,14H,2,4-6H2. The number of hydrogen-bond donors (Lipinski definition) is 0. The summed E-state index contributed by atoms with van der Waals surface area (Å²) in [6.45, 7) is 0. The van der Waals surface area contributed by atoms with Gasteiger partial charge in [0, 0.05) is 19.3 Å². The van der Waals surface area contributed by atoms with Crippen LogP contribution in [0.2, 0.25) is 10.0 Å². The molecule has 0 heterocycles. The van der Waals surface area contributed by atoms with E-state index in [2.05, 4.69) is 0 Å². The van der Waals surface area contributed by atoms with Gasteiger partial charge in [-0.15, -0.1) is 0 Å². The monoisotopic (exact) mass is 298 g/mol. The molecule has 0 saturated heterocycles. The smallest absolute Gasteiger partial charge is 0.151 e. The van der Waals surface area contributed by atoms with Gasteiger partial charge in [0.05, 0.1) is 10.0 Å². The van der Waals surface area contributed by atoms with E-state index in [-0.39, 0.29) is 36.6 Å². The highest BCUT2D eigenvalue weighted by molar-refractivity contribution is 6.42. The van der Waals surface area contributed by atoms with Gasteiger partial charge in [0.1, 0.15) is 5.92 Å². The summed E-state index contributed by atoms with van der Waals surface area (Å²) in [4.78, 5) is 34.8. The summed E-state index contributed by atoms with van der Waals surface area (Å²) in [5.41, 5.74) is 0.862. The van der Waals surface area contributed by atoms with Crippen LogP contribution in [0.5, 0.6) is 0 Å². The number of hydrogen-bond acceptors (Lipinski definition) is 3. The minimum absolute atomic E-state index is 0.167. The van der Waals surface area contributed by atoms with E-state index in [1.54, 1.807) is 18.2 Å². The summed E-state index contributed by atoms with van der Waals surface area (Å²) in [6, 6.07) is 5.13. The molecule has 19 heavy (non-hydrogen) atoms. The molecule has 1 saturated carbocycles. The molecule has 0 aromatic heterocycles. The zero-order chi connectivity index (χ0) is 14.0. The maximum absolute atomic E-state index is 11.9. The third-order valence-electron chi connectivity index (χ3n) is 3.23. The van der Waals surface area contributed by atoms with E-state index in [4.69, 9.17) is 23.2 Å². The average Bonchev–Trinajstić information content (AvgIpc) is 2.70. The molecule has 5 heteroatoms. The molecule has 2 rings (SSSR count). The van der Waals surface area contributed by atoms with Crippen molar-refractivity contribution in [3.05, 3.63) is 33.8 Å². The molecule has 1 aromatic carbocycles. The van der Waals surface area contributed by atoms with E-state index < -0.39 is 5.92 Å². The van der Waals surface area contributed by atoms with Crippen molar-refractivity contribution in [2.75, 3.05) is 0 Å². The molecule has 0 unspecified atom stereocenters. The lowest BCUT2D eigenvalue weighted by molar-refractivity contribution is -0.136. The fourth-order valence-corrected chi connectivity index (χ4v) is 2.50. The molecule has 0 aliphatic heterocycles. The largest absolute Gasteiger partial charge is 0.298 e. The summed E-state index contributed by atoms with van der Waals surface area (Å²) in [5.74, 6) is -1.81. The number of ketones is 3. The van der Waals surface area contributed by atoms with Crippen molar-refractivity contribution in [2.24, 2.45) is 5.92 Å². The highest BCUT2D eigenvalue weighted by Crippen LogP contribution is 2.24. The zero-order valence-corrected chi connectivity index (χ0v) is 11.6. The number of halogens is 2. The minimum atomic E-state index is -1.03. The van der Waals surface area contributed by atoms with Crippen molar-refractivity contribution in [1.29, 1.82) is 0 Å². The van der Waals surface area contributed by atoms with Crippen LogP contribution in [0.3, 0.4) is 0 Å². The van der Waals surface area contributed by atoms with Gasteiger partial charge < -0.3 is 0 Å². The van der Waals surface area contributed by atoms with E-state index in [9.17, 15) is 14.4 Å². The van der Waals surface area contributed by atoms with Crippen LogP contribution in [-0.4, -0.2) is 17.3 Å². The molecule has 100 valence electrons. The first kappa shape index (κ1) is 14.2. The van der Waals surface area contributed by atoms with Crippen LogP contribution in [0.15, 0.2) is 18.2 Å². The number of benzene rings is 1. The molecule has 0 radical (unpaired) electrons. The van der Waals surface area contributed by atoms with E-state index in [1.807, 2.05) is 0 Å². The van der Waals surface area contributed by atoms with Gasteiger partial charge >= 0.3 is 0 Å². The first-order valence-electron chi connectivity index (χ1n) is 6.01. The van der Waals surface area contributed by atoms with E-state index >= 15 is 0 Å². The number of rotatable bonds is 4. The van der Waals surface area contributed by atoms with E-state index in [0.29, 0.717) is 16.5 Å². The molecule has 1 aliphatic rings. The second kappa shape index (κ2) is 5.85. The fourth-order valence-electron chi connectivity index (χ4n) is 2.18. The van der Waals surface area contributed by atoms with Crippen LogP contribution in [0.1, 0.15) is 24.8 Å². The van der Waals surface area contributed by atoms with Gasteiger partial charge in [0.2, 0.25) is 0 Å². The van der Waals surface area contributed by atoms with Crippen LogP contribution < -0.4 is 0 Å². The lowest BCUT2D eigenvalue weighted by atomic mass is 9.95. The van der Waals surface area contributed by atoms with Crippen molar-refractivity contribution >= 4 is 40.6 Å². The Kier molecular flexibility index (Phi) is 4.38. The summed E-state index contributed by atoms with van der Waals surface area (Å²) in [6.07, 6.45) is 1.01. The number of carbonyl (C=O) groups is 3. The zero-order valence-electron chi connectivity index (χ0n) is 10.1. The first-order valence-corrected chi connectivity index (χ1v) is 6.76. The Hall–Kier alpha value is -1.19. The molecular formula is C14H12Cl2O3. The van der Waals surface area contributed by atoms with E-state index in [0.717, 1.165) is 5.56 Å². The molecule has 0 N–H and O–H groups in total. The quantitative estimate of drug-likeness (QED) is 0.803. The number of carbonyl (C=O) groups excluding carboxylic acids is 3. The summed E-state index contributed by atoms with van der Waals surface area (Å²) >= 11 is 11.7. The van der Waals surface area contributed by atoms with Gasteiger partial charge in [-0.05, 0) is 24.1 Å². The minimum Gasteiger partial charge on any atom is -0.298 e. The maximum Gasteiger partial charge on any atom is 0.151 e. The van der Waals surface area contributed by atoms with Gasteiger partial charge in [0.25, 0.3) is 0 Å². The molecule has 0 bridgehead atoms. The van der Waals surface area contributed by atoms with Gasteiger partial charge in [-0.25, -0.2) is 0 Å².